The van der Waals surface area contributed by atoms with Gasteiger partial charge in [0.15, 0.2) is 0 Å². The summed E-state index contributed by atoms with van der Waals surface area (Å²) >= 11 is 3.09. The molecule has 1 amide bonds. The number of aromatic amines is 1. The number of aromatic nitrogens is 3. The van der Waals surface area contributed by atoms with Gasteiger partial charge in [-0.25, -0.2) is 4.98 Å². The Balaban J connectivity index is 1.37. The van der Waals surface area contributed by atoms with E-state index in [2.05, 4.69) is 15.1 Å². The normalized spacial score (nSPS) is 13.6. The summed E-state index contributed by atoms with van der Waals surface area (Å²) in [6.07, 6.45) is 4.34. The van der Waals surface area contributed by atoms with Gasteiger partial charge in [-0.3, -0.25) is 9.59 Å². The second kappa shape index (κ2) is 8.08. The number of hydrogen-bond donors (Lipinski definition) is 1. The molecule has 4 rings (SSSR count). The van der Waals surface area contributed by atoms with Gasteiger partial charge in [0.05, 0.1) is 23.4 Å². The maximum atomic E-state index is 12.6. The SMILES string of the molecule is Cc1cc(CN(C)C(=O)CSCc2nc3sc4c(c3c(=O)[nH]2)CCCC4)no1. The van der Waals surface area contributed by atoms with Gasteiger partial charge in [0.2, 0.25) is 5.91 Å². The minimum Gasteiger partial charge on any atom is -0.361 e. The van der Waals surface area contributed by atoms with Gasteiger partial charge in [-0.15, -0.1) is 23.1 Å². The molecule has 0 saturated heterocycles. The highest BCUT2D eigenvalue weighted by Gasteiger charge is 2.20. The largest absolute Gasteiger partial charge is 0.361 e. The molecule has 1 aliphatic rings. The number of nitrogens with zero attached hydrogens (tertiary/aromatic N) is 3. The molecule has 7 nitrogen and oxygen atoms in total. The second-order valence-corrected chi connectivity index (χ2v) is 9.14. The molecule has 3 heterocycles. The summed E-state index contributed by atoms with van der Waals surface area (Å²) in [6, 6.07) is 1.82. The fourth-order valence-corrected chi connectivity index (χ4v) is 5.55. The highest BCUT2D eigenvalue weighted by molar-refractivity contribution is 7.99. The number of carbonyl (C=O) groups excluding carboxylic acids is 1. The molecule has 0 spiro atoms. The van der Waals surface area contributed by atoms with Crippen LogP contribution in [0.2, 0.25) is 0 Å². The third-order valence-electron chi connectivity index (χ3n) is 4.84. The van der Waals surface area contributed by atoms with Gasteiger partial charge in [0, 0.05) is 18.0 Å². The molecule has 0 aromatic carbocycles. The molecule has 0 unspecified atom stereocenters. The molecule has 1 N–H and O–H groups in total. The van der Waals surface area contributed by atoms with Crippen LogP contribution in [0, 0.1) is 6.92 Å². The van der Waals surface area contributed by atoms with Gasteiger partial charge in [-0.1, -0.05) is 5.16 Å². The van der Waals surface area contributed by atoms with E-state index < -0.39 is 0 Å². The standard InChI is InChI=1S/C19H22N4O3S2/c1-11-7-12(22-26-11)8-23(2)16(24)10-27-9-15-20-18(25)17-13-5-3-4-6-14(13)28-19(17)21-15/h7H,3-6,8-10H2,1-2H3,(H,20,21,25). The first kappa shape index (κ1) is 19.2. The van der Waals surface area contributed by atoms with Crippen LogP contribution in [0.4, 0.5) is 0 Å². The number of fused-ring (bicyclic) bond motifs is 3. The number of thioether (sulfide) groups is 1. The van der Waals surface area contributed by atoms with E-state index in [4.69, 9.17) is 4.52 Å². The van der Waals surface area contributed by atoms with Gasteiger partial charge in [0.1, 0.15) is 22.1 Å². The smallest absolute Gasteiger partial charge is 0.259 e. The molecule has 28 heavy (non-hydrogen) atoms. The van der Waals surface area contributed by atoms with E-state index in [9.17, 15) is 9.59 Å². The number of carbonyl (C=O) groups is 1. The van der Waals surface area contributed by atoms with Crippen molar-refractivity contribution in [1.82, 2.24) is 20.0 Å². The molecular formula is C19H22N4O3S2. The van der Waals surface area contributed by atoms with Crippen molar-refractivity contribution in [3.05, 3.63) is 44.1 Å². The summed E-state index contributed by atoms with van der Waals surface area (Å²) < 4.78 is 5.03. The zero-order chi connectivity index (χ0) is 19.7. The lowest BCUT2D eigenvalue weighted by molar-refractivity contribution is -0.127. The summed E-state index contributed by atoms with van der Waals surface area (Å²) in [6.45, 7) is 2.24. The topological polar surface area (TPSA) is 92.1 Å². The average Bonchev–Trinajstić information content (AvgIpc) is 3.24. The van der Waals surface area contributed by atoms with Crippen LogP contribution in [0.5, 0.6) is 0 Å². The number of nitrogens with one attached hydrogen (secondary N) is 1. The van der Waals surface area contributed by atoms with Crippen LogP contribution in [0.25, 0.3) is 10.2 Å². The first-order valence-electron chi connectivity index (χ1n) is 9.28. The van der Waals surface area contributed by atoms with Crippen molar-refractivity contribution < 1.29 is 9.32 Å². The maximum Gasteiger partial charge on any atom is 0.259 e. The van der Waals surface area contributed by atoms with Gasteiger partial charge in [-0.2, -0.15) is 0 Å². The van der Waals surface area contributed by atoms with E-state index in [1.165, 1.54) is 28.6 Å². The van der Waals surface area contributed by atoms with Crippen molar-refractivity contribution in [2.45, 2.75) is 44.9 Å². The Kier molecular flexibility index (Phi) is 5.54. The highest BCUT2D eigenvalue weighted by atomic mass is 32.2. The van der Waals surface area contributed by atoms with E-state index in [0.717, 1.165) is 40.9 Å². The predicted octanol–water partition coefficient (Wildman–Crippen LogP) is 3.05. The Morgan fingerprint density at radius 3 is 3.00 bits per heavy atom. The minimum atomic E-state index is -0.0511. The fourth-order valence-electron chi connectivity index (χ4n) is 3.45. The molecule has 0 bridgehead atoms. The number of H-pyrrole nitrogens is 1. The van der Waals surface area contributed by atoms with Crippen molar-refractivity contribution in [2.75, 3.05) is 12.8 Å². The molecule has 9 heteroatoms. The average molecular weight is 419 g/mol. The number of hydrogen-bond acceptors (Lipinski definition) is 7. The lowest BCUT2D eigenvalue weighted by Gasteiger charge is -2.15. The summed E-state index contributed by atoms with van der Waals surface area (Å²) in [7, 11) is 1.75. The van der Waals surface area contributed by atoms with Crippen LogP contribution in [-0.4, -0.2) is 38.7 Å². The van der Waals surface area contributed by atoms with Crippen molar-refractivity contribution >= 4 is 39.2 Å². The number of rotatable bonds is 6. The molecule has 0 atom stereocenters. The molecule has 3 aromatic heterocycles. The Morgan fingerprint density at radius 1 is 1.39 bits per heavy atom. The zero-order valence-corrected chi connectivity index (χ0v) is 17.5. The Morgan fingerprint density at radius 2 is 2.21 bits per heavy atom. The molecule has 0 radical (unpaired) electrons. The van der Waals surface area contributed by atoms with Crippen molar-refractivity contribution in [3.8, 4) is 0 Å². The van der Waals surface area contributed by atoms with E-state index in [1.54, 1.807) is 23.3 Å². The molecule has 3 aromatic rings. The molecule has 148 valence electrons. The van der Waals surface area contributed by atoms with Gasteiger partial charge >= 0.3 is 0 Å². The summed E-state index contributed by atoms with van der Waals surface area (Å²) in [4.78, 5) is 36.2. The zero-order valence-electron chi connectivity index (χ0n) is 15.9. The summed E-state index contributed by atoms with van der Waals surface area (Å²) in [5.41, 5.74) is 1.88. The third kappa shape index (κ3) is 4.00. The summed E-state index contributed by atoms with van der Waals surface area (Å²) in [5.74, 6) is 2.17. The van der Waals surface area contributed by atoms with Gasteiger partial charge in [-0.05, 0) is 38.2 Å². The van der Waals surface area contributed by atoms with Crippen LogP contribution in [0.15, 0.2) is 15.4 Å². The number of amides is 1. The van der Waals surface area contributed by atoms with E-state index in [1.807, 2.05) is 13.0 Å². The minimum absolute atomic E-state index is 0.000616. The molecule has 1 aliphatic carbocycles. The van der Waals surface area contributed by atoms with Crippen molar-refractivity contribution in [2.24, 2.45) is 0 Å². The van der Waals surface area contributed by atoms with Crippen LogP contribution in [-0.2, 0) is 29.9 Å². The molecular weight excluding hydrogens is 396 g/mol. The van der Waals surface area contributed by atoms with Crippen LogP contribution in [0.1, 0.15) is 40.6 Å². The fraction of sp³-hybridized carbons (Fsp3) is 0.474. The van der Waals surface area contributed by atoms with Gasteiger partial charge < -0.3 is 14.4 Å². The first-order chi connectivity index (χ1) is 13.5. The Bertz CT molecular complexity index is 1070. The lowest BCUT2D eigenvalue weighted by atomic mass is 9.97. The summed E-state index contributed by atoms with van der Waals surface area (Å²) in [5, 5.41) is 4.68. The molecule has 0 aliphatic heterocycles. The van der Waals surface area contributed by atoms with Gasteiger partial charge in [0.25, 0.3) is 5.56 Å². The molecule has 0 saturated carbocycles. The quantitative estimate of drug-likeness (QED) is 0.661. The van der Waals surface area contributed by atoms with Crippen molar-refractivity contribution in [1.29, 1.82) is 0 Å². The van der Waals surface area contributed by atoms with Crippen LogP contribution in [0.3, 0.4) is 0 Å². The second-order valence-electron chi connectivity index (χ2n) is 7.08. The number of thiophene rings is 1. The third-order valence-corrected chi connectivity index (χ3v) is 6.95. The van der Waals surface area contributed by atoms with E-state index >= 15 is 0 Å². The molecule has 0 fully saturated rings. The maximum absolute atomic E-state index is 12.6. The van der Waals surface area contributed by atoms with Crippen LogP contribution < -0.4 is 5.56 Å². The Hall–Kier alpha value is -2.13. The predicted molar refractivity (Wildman–Crippen MR) is 111 cm³/mol. The van der Waals surface area contributed by atoms with E-state index in [0.29, 0.717) is 23.9 Å². The highest BCUT2D eigenvalue weighted by Crippen LogP contribution is 2.33. The van der Waals surface area contributed by atoms with Crippen molar-refractivity contribution in [3.63, 3.8) is 0 Å². The Labute approximate surface area is 170 Å². The van der Waals surface area contributed by atoms with E-state index in [-0.39, 0.29) is 11.5 Å². The first-order valence-corrected chi connectivity index (χ1v) is 11.3. The number of aryl methyl sites for hydroxylation is 3. The van der Waals surface area contributed by atoms with Crippen LogP contribution >= 0.6 is 23.1 Å². The monoisotopic (exact) mass is 418 g/mol. The lowest BCUT2D eigenvalue weighted by Crippen LogP contribution is -2.28.